The summed E-state index contributed by atoms with van der Waals surface area (Å²) < 4.78 is 12.5. The Labute approximate surface area is 182 Å². The van der Waals surface area contributed by atoms with Crippen molar-refractivity contribution >= 4 is 29.1 Å². The lowest BCUT2D eigenvalue weighted by Crippen LogP contribution is -2.34. The van der Waals surface area contributed by atoms with Gasteiger partial charge in [0.15, 0.2) is 5.65 Å². The second kappa shape index (κ2) is 6.96. The monoisotopic (exact) mass is 432 g/mol. The predicted molar refractivity (Wildman–Crippen MR) is 112 cm³/mol. The molecule has 1 aromatic carbocycles. The Hall–Kier alpha value is -3.59. The number of fused-ring (bicyclic) bond motifs is 6. The summed E-state index contributed by atoms with van der Waals surface area (Å²) in [6.45, 7) is 1.99. The molecule has 0 spiro atoms. The number of rotatable bonds is 4. The van der Waals surface area contributed by atoms with Gasteiger partial charge in [-0.15, -0.1) is 0 Å². The summed E-state index contributed by atoms with van der Waals surface area (Å²) in [5.41, 5.74) is 2.59. The van der Waals surface area contributed by atoms with Gasteiger partial charge in [0, 0.05) is 11.8 Å². The van der Waals surface area contributed by atoms with Gasteiger partial charge in [-0.05, 0) is 38.0 Å². The molecule has 9 nitrogen and oxygen atoms in total. The zero-order valence-corrected chi connectivity index (χ0v) is 17.3. The van der Waals surface area contributed by atoms with E-state index in [9.17, 15) is 14.4 Å². The first-order chi connectivity index (χ1) is 15.6. The number of aromatic nitrogens is 3. The van der Waals surface area contributed by atoms with Crippen molar-refractivity contribution in [2.75, 3.05) is 11.5 Å². The number of benzene rings is 1. The van der Waals surface area contributed by atoms with Crippen molar-refractivity contribution in [1.29, 1.82) is 0 Å². The average molecular weight is 432 g/mol. The predicted octanol–water partition coefficient (Wildman–Crippen LogP) is 2.24. The van der Waals surface area contributed by atoms with Crippen LogP contribution in [0.4, 0.5) is 5.69 Å². The van der Waals surface area contributed by atoms with E-state index in [0.717, 1.165) is 18.4 Å². The third kappa shape index (κ3) is 2.57. The number of anilines is 1. The number of esters is 1. The van der Waals surface area contributed by atoms with Crippen LogP contribution in [0, 0.1) is 11.8 Å². The van der Waals surface area contributed by atoms with Crippen molar-refractivity contribution in [2.45, 2.75) is 32.0 Å². The van der Waals surface area contributed by atoms with E-state index in [1.807, 2.05) is 6.07 Å². The van der Waals surface area contributed by atoms with Crippen LogP contribution in [0.5, 0.6) is 0 Å². The lowest BCUT2D eigenvalue weighted by Gasteiger charge is -2.18. The van der Waals surface area contributed by atoms with E-state index in [1.165, 1.54) is 11.1 Å². The molecular weight excluding hydrogens is 412 g/mol. The molecule has 6 rings (SSSR count). The highest BCUT2D eigenvalue weighted by Crippen LogP contribution is 2.49. The van der Waals surface area contributed by atoms with Crippen LogP contribution in [-0.4, -0.2) is 51.2 Å². The molecule has 9 heteroatoms. The summed E-state index contributed by atoms with van der Waals surface area (Å²) in [6.07, 6.45) is 4.37. The number of imide groups is 1. The number of amides is 2. The molecule has 0 N–H and O–H groups in total. The van der Waals surface area contributed by atoms with Crippen molar-refractivity contribution in [3.8, 4) is 11.3 Å². The number of nitrogens with zero attached hydrogens (tertiary/aromatic N) is 4. The molecular formula is C23H20N4O5. The maximum absolute atomic E-state index is 13.1. The summed E-state index contributed by atoms with van der Waals surface area (Å²) in [4.78, 5) is 44.1. The third-order valence-corrected chi connectivity index (χ3v) is 6.58. The summed E-state index contributed by atoms with van der Waals surface area (Å²) >= 11 is 0. The molecule has 0 radical (unpaired) electrons. The molecule has 0 unspecified atom stereocenters. The quantitative estimate of drug-likeness (QED) is 0.460. The normalized spacial score (nSPS) is 26.2. The van der Waals surface area contributed by atoms with E-state index in [0.29, 0.717) is 17.0 Å². The molecule has 2 aromatic heterocycles. The SMILES string of the molecule is CCOC(=O)c1cnn2c(-c3cccc(N4C(=O)[C@H]5[C@H](C4=O)[C@H]4CC[C@H]5O4)c3)ccnc12. The summed E-state index contributed by atoms with van der Waals surface area (Å²) in [6, 6.07) is 8.98. The molecule has 3 saturated heterocycles. The smallest absolute Gasteiger partial charge is 0.343 e. The van der Waals surface area contributed by atoms with Crippen LogP contribution >= 0.6 is 0 Å². The van der Waals surface area contributed by atoms with Crippen molar-refractivity contribution in [3.05, 3.63) is 48.3 Å². The first-order valence-corrected chi connectivity index (χ1v) is 10.7. The van der Waals surface area contributed by atoms with E-state index in [2.05, 4.69) is 10.1 Å². The maximum Gasteiger partial charge on any atom is 0.343 e. The van der Waals surface area contributed by atoms with Gasteiger partial charge in [0.2, 0.25) is 11.8 Å². The summed E-state index contributed by atoms with van der Waals surface area (Å²) in [5, 5.41) is 4.32. The molecule has 162 valence electrons. The number of ether oxygens (including phenoxy) is 2. The van der Waals surface area contributed by atoms with Gasteiger partial charge in [0.05, 0.1) is 48.2 Å². The van der Waals surface area contributed by atoms with Crippen LogP contribution in [0.3, 0.4) is 0 Å². The third-order valence-electron chi connectivity index (χ3n) is 6.58. The number of hydrogen-bond acceptors (Lipinski definition) is 7. The van der Waals surface area contributed by atoms with E-state index in [4.69, 9.17) is 9.47 Å². The number of hydrogen-bond donors (Lipinski definition) is 0. The van der Waals surface area contributed by atoms with E-state index in [1.54, 1.807) is 41.9 Å². The Kier molecular flexibility index (Phi) is 4.16. The van der Waals surface area contributed by atoms with Gasteiger partial charge in [0.25, 0.3) is 0 Å². The van der Waals surface area contributed by atoms with Crippen LogP contribution in [0.15, 0.2) is 42.7 Å². The maximum atomic E-state index is 13.1. The van der Waals surface area contributed by atoms with E-state index < -0.39 is 5.97 Å². The van der Waals surface area contributed by atoms with Crippen LogP contribution in [0.1, 0.15) is 30.1 Å². The molecule has 3 aliphatic rings. The van der Waals surface area contributed by atoms with Gasteiger partial charge in [-0.3, -0.25) is 9.59 Å². The topological polar surface area (TPSA) is 103 Å². The molecule has 3 aliphatic heterocycles. The van der Waals surface area contributed by atoms with Crippen molar-refractivity contribution in [2.24, 2.45) is 11.8 Å². The fraction of sp³-hybridized carbons (Fsp3) is 0.348. The van der Waals surface area contributed by atoms with Crippen molar-refractivity contribution < 1.29 is 23.9 Å². The molecule has 2 amide bonds. The van der Waals surface area contributed by atoms with Gasteiger partial charge in [-0.1, -0.05) is 12.1 Å². The average Bonchev–Trinajstić information content (AvgIpc) is 3.56. The summed E-state index contributed by atoms with van der Waals surface area (Å²) in [5.74, 6) is -1.62. The van der Waals surface area contributed by atoms with Gasteiger partial charge >= 0.3 is 5.97 Å². The molecule has 32 heavy (non-hydrogen) atoms. The molecule has 0 aliphatic carbocycles. The first kappa shape index (κ1) is 19.1. The highest BCUT2D eigenvalue weighted by Gasteiger charge is 2.62. The molecule has 0 saturated carbocycles. The van der Waals surface area contributed by atoms with Crippen LogP contribution in [0.25, 0.3) is 16.9 Å². The minimum Gasteiger partial charge on any atom is -0.462 e. The van der Waals surface area contributed by atoms with Crippen molar-refractivity contribution in [1.82, 2.24) is 14.6 Å². The largest absolute Gasteiger partial charge is 0.462 e. The fourth-order valence-electron chi connectivity index (χ4n) is 5.23. The second-order valence-electron chi connectivity index (χ2n) is 8.25. The highest BCUT2D eigenvalue weighted by atomic mass is 16.5. The highest BCUT2D eigenvalue weighted by molar-refractivity contribution is 6.23. The zero-order chi connectivity index (χ0) is 22.0. The Bertz CT molecular complexity index is 1260. The van der Waals surface area contributed by atoms with Gasteiger partial charge < -0.3 is 9.47 Å². The molecule has 4 atom stereocenters. The standard InChI is InChI=1S/C23H20N4O5/c1-2-31-23(30)14-11-25-27-15(8-9-24-20(14)27)12-4-3-5-13(10-12)26-21(28)18-16-6-7-17(32-16)19(18)22(26)29/h3-5,8-11,16-19H,2,6-7H2,1H3/t16-,17-,18-,19-/m1/s1. The van der Waals surface area contributed by atoms with Crippen LogP contribution in [0.2, 0.25) is 0 Å². The van der Waals surface area contributed by atoms with Gasteiger partial charge in [0.1, 0.15) is 5.56 Å². The fourth-order valence-corrected chi connectivity index (χ4v) is 5.23. The Morgan fingerprint density at radius 2 is 1.91 bits per heavy atom. The number of carbonyl (C=O) groups is 3. The number of carbonyl (C=O) groups excluding carboxylic acids is 3. The van der Waals surface area contributed by atoms with Crippen LogP contribution < -0.4 is 4.90 Å². The minimum absolute atomic E-state index is 0.153. The Morgan fingerprint density at radius 3 is 2.62 bits per heavy atom. The lowest BCUT2D eigenvalue weighted by molar-refractivity contribution is -0.124. The first-order valence-electron chi connectivity index (χ1n) is 10.7. The van der Waals surface area contributed by atoms with Crippen LogP contribution in [-0.2, 0) is 19.1 Å². The van der Waals surface area contributed by atoms with Gasteiger partial charge in [-0.2, -0.15) is 5.10 Å². The lowest BCUT2D eigenvalue weighted by atomic mass is 9.81. The Morgan fingerprint density at radius 1 is 1.16 bits per heavy atom. The van der Waals surface area contributed by atoms with Crippen molar-refractivity contribution in [3.63, 3.8) is 0 Å². The zero-order valence-electron chi connectivity index (χ0n) is 17.3. The summed E-state index contributed by atoms with van der Waals surface area (Å²) in [7, 11) is 0. The minimum atomic E-state index is -0.488. The molecule has 5 heterocycles. The molecule has 3 fully saturated rings. The van der Waals surface area contributed by atoms with E-state index in [-0.39, 0.29) is 48.0 Å². The van der Waals surface area contributed by atoms with Gasteiger partial charge in [-0.25, -0.2) is 19.2 Å². The van der Waals surface area contributed by atoms with E-state index >= 15 is 0 Å². The molecule has 3 aromatic rings. The Balaban J connectivity index is 1.39. The molecule has 2 bridgehead atoms. The second-order valence-corrected chi connectivity index (χ2v) is 8.25.